The van der Waals surface area contributed by atoms with Crippen LogP contribution < -0.4 is 64.2 Å². The largest absolute Gasteiger partial charge is 1.00 e. The van der Waals surface area contributed by atoms with Gasteiger partial charge in [-0.2, -0.15) is 0 Å². The van der Waals surface area contributed by atoms with Gasteiger partial charge in [-0.15, -0.1) is 0 Å². The van der Waals surface area contributed by atoms with Crippen LogP contribution in [0.4, 0.5) is 0 Å². The van der Waals surface area contributed by atoms with E-state index in [2.05, 4.69) is 0 Å². The molecule has 0 N–H and O–H groups in total. The molecule has 0 saturated heterocycles. The summed E-state index contributed by atoms with van der Waals surface area (Å²) in [5.41, 5.74) is -1.45. The SMILES string of the molecule is CCCCOC(=O)c1c(C(=O)[O-])c(S(=O)(=O)[O-])cc2ccccc12.[Na+].[Na+]. The summed E-state index contributed by atoms with van der Waals surface area (Å²) in [7, 11) is -5.13. The molecule has 0 atom stereocenters. The normalized spacial score (nSPS) is 10.5. The fourth-order valence-electron chi connectivity index (χ4n) is 2.32. The molecule has 10 heteroatoms. The molecule has 2 rings (SSSR count). The van der Waals surface area contributed by atoms with Crippen molar-refractivity contribution in [2.75, 3.05) is 6.61 Å². The van der Waals surface area contributed by atoms with E-state index in [9.17, 15) is 27.7 Å². The molecule has 7 nitrogen and oxygen atoms in total. The number of esters is 1. The van der Waals surface area contributed by atoms with Crippen LogP contribution in [0.2, 0.25) is 0 Å². The summed E-state index contributed by atoms with van der Waals surface area (Å²) in [6, 6.07) is 6.95. The fraction of sp³-hybridized carbons (Fsp3) is 0.250. The van der Waals surface area contributed by atoms with E-state index in [-0.39, 0.29) is 76.5 Å². The van der Waals surface area contributed by atoms with Crippen molar-refractivity contribution in [3.05, 3.63) is 41.5 Å². The molecule has 26 heavy (non-hydrogen) atoms. The summed E-state index contributed by atoms with van der Waals surface area (Å²) in [5.74, 6) is -2.94. The molecule has 0 radical (unpaired) electrons. The molecule has 0 unspecified atom stereocenters. The Morgan fingerprint density at radius 3 is 2.27 bits per heavy atom. The molecule has 0 saturated carbocycles. The molecule has 0 aliphatic rings. The van der Waals surface area contributed by atoms with Gasteiger partial charge in [-0.3, -0.25) is 0 Å². The molecule has 0 heterocycles. The molecular formula is C16H14Na2O7S. The van der Waals surface area contributed by atoms with E-state index in [4.69, 9.17) is 4.74 Å². The monoisotopic (exact) mass is 396 g/mol. The second-order valence-corrected chi connectivity index (χ2v) is 6.42. The number of hydrogen-bond acceptors (Lipinski definition) is 7. The van der Waals surface area contributed by atoms with Gasteiger partial charge in [0.25, 0.3) is 0 Å². The van der Waals surface area contributed by atoms with Gasteiger partial charge in [-0.1, -0.05) is 37.6 Å². The number of fused-ring (bicyclic) bond motifs is 1. The third-order valence-corrected chi connectivity index (χ3v) is 4.28. The second kappa shape index (κ2) is 10.8. The van der Waals surface area contributed by atoms with Crippen LogP contribution in [-0.4, -0.2) is 31.5 Å². The molecule has 2 aromatic carbocycles. The van der Waals surface area contributed by atoms with Crippen LogP contribution >= 0.6 is 0 Å². The van der Waals surface area contributed by atoms with Gasteiger partial charge in [0.15, 0.2) is 0 Å². The Morgan fingerprint density at radius 2 is 1.73 bits per heavy atom. The standard InChI is InChI=1S/C16H16O7S.2Na/c1-2-3-8-23-16(19)13-11-7-5-4-6-10(11)9-12(24(20,21)22)14(13)15(17)18;;/h4-7,9H,2-3,8H2,1H3,(H,17,18)(H,20,21,22);;/q;2*+1/p-2. The summed E-state index contributed by atoms with van der Waals surface area (Å²) in [6.45, 7) is 1.92. The molecule has 0 amide bonds. The summed E-state index contributed by atoms with van der Waals surface area (Å²) in [4.78, 5) is 22.8. The van der Waals surface area contributed by atoms with E-state index < -0.39 is 38.1 Å². The van der Waals surface area contributed by atoms with Crippen LogP contribution in [0.15, 0.2) is 35.2 Å². The molecule has 0 bridgehead atoms. The third kappa shape index (κ3) is 5.77. The predicted molar refractivity (Wildman–Crippen MR) is 81.4 cm³/mol. The van der Waals surface area contributed by atoms with Gasteiger partial charge in [0.2, 0.25) is 0 Å². The number of carbonyl (C=O) groups excluding carboxylic acids is 2. The van der Waals surface area contributed by atoms with E-state index in [0.717, 1.165) is 12.5 Å². The molecule has 0 spiro atoms. The molecule has 2 aromatic rings. The fourth-order valence-corrected chi connectivity index (χ4v) is 3.02. The van der Waals surface area contributed by atoms with Gasteiger partial charge in [-0.05, 0) is 23.3 Å². The Morgan fingerprint density at radius 1 is 1.12 bits per heavy atom. The predicted octanol–water partition coefficient (Wildman–Crippen LogP) is -4.93. The van der Waals surface area contributed by atoms with Crippen molar-refractivity contribution in [1.82, 2.24) is 0 Å². The number of hydrogen-bond donors (Lipinski definition) is 0. The minimum absolute atomic E-state index is 0. The van der Waals surface area contributed by atoms with Crippen molar-refractivity contribution in [2.45, 2.75) is 24.7 Å². The molecule has 0 aliphatic heterocycles. The summed E-state index contributed by atoms with van der Waals surface area (Å²) in [6.07, 6.45) is 1.31. The van der Waals surface area contributed by atoms with E-state index in [0.29, 0.717) is 6.42 Å². The summed E-state index contributed by atoms with van der Waals surface area (Å²) >= 11 is 0. The summed E-state index contributed by atoms with van der Waals surface area (Å²) < 4.78 is 39.3. The Balaban J connectivity index is 0.00000312. The molecule has 0 aliphatic carbocycles. The van der Waals surface area contributed by atoms with E-state index in [1.54, 1.807) is 12.1 Å². The zero-order valence-corrected chi connectivity index (χ0v) is 19.6. The van der Waals surface area contributed by atoms with Crippen molar-refractivity contribution in [3.8, 4) is 0 Å². The number of ether oxygens (including phenoxy) is 1. The van der Waals surface area contributed by atoms with E-state index in [1.807, 2.05) is 6.92 Å². The second-order valence-electron chi connectivity index (χ2n) is 5.08. The topological polar surface area (TPSA) is 124 Å². The van der Waals surface area contributed by atoms with Gasteiger partial charge in [0.1, 0.15) is 10.1 Å². The average Bonchev–Trinajstić information content (AvgIpc) is 2.52. The zero-order chi connectivity index (χ0) is 17.9. The third-order valence-electron chi connectivity index (χ3n) is 3.42. The first-order valence-corrected chi connectivity index (χ1v) is 8.58. The quantitative estimate of drug-likeness (QED) is 0.207. The molecule has 128 valence electrons. The first kappa shape index (κ1) is 25.6. The minimum Gasteiger partial charge on any atom is -0.744 e. The van der Waals surface area contributed by atoms with Gasteiger partial charge in [0.05, 0.1) is 23.0 Å². The smallest absolute Gasteiger partial charge is 0.744 e. The number of carboxylic acid groups (broad SMARTS) is 1. The Kier molecular flexibility index (Phi) is 10.6. The minimum atomic E-state index is -5.13. The Hall–Kier alpha value is -0.450. The van der Waals surface area contributed by atoms with Crippen molar-refractivity contribution in [2.24, 2.45) is 0 Å². The average molecular weight is 396 g/mol. The number of benzene rings is 2. The van der Waals surface area contributed by atoms with Crippen LogP contribution in [0.1, 0.15) is 40.5 Å². The maximum absolute atomic E-state index is 12.3. The number of aromatic carboxylic acids is 1. The van der Waals surface area contributed by atoms with Crippen molar-refractivity contribution < 1.29 is 91.5 Å². The van der Waals surface area contributed by atoms with Crippen molar-refractivity contribution in [3.63, 3.8) is 0 Å². The maximum Gasteiger partial charge on any atom is 1.00 e. The van der Waals surface area contributed by atoms with Crippen molar-refractivity contribution >= 4 is 32.8 Å². The summed E-state index contributed by atoms with van der Waals surface area (Å²) in [5, 5.41) is 11.9. The van der Waals surface area contributed by atoms with Crippen LogP contribution in [0, 0.1) is 0 Å². The van der Waals surface area contributed by atoms with Gasteiger partial charge < -0.3 is 19.2 Å². The van der Waals surface area contributed by atoms with E-state index >= 15 is 0 Å². The van der Waals surface area contributed by atoms with Gasteiger partial charge in [-0.25, -0.2) is 13.2 Å². The van der Waals surface area contributed by atoms with Crippen LogP contribution in [0.3, 0.4) is 0 Å². The van der Waals surface area contributed by atoms with Gasteiger partial charge >= 0.3 is 65.1 Å². The van der Waals surface area contributed by atoms with Crippen molar-refractivity contribution in [1.29, 1.82) is 0 Å². The number of carboxylic acids is 1. The van der Waals surface area contributed by atoms with Crippen LogP contribution in [-0.2, 0) is 14.9 Å². The molecule has 0 aromatic heterocycles. The van der Waals surface area contributed by atoms with Crippen LogP contribution in [0.5, 0.6) is 0 Å². The van der Waals surface area contributed by atoms with Crippen LogP contribution in [0.25, 0.3) is 10.8 Å². The number of rotatable bonds is 6. The first-order chi connectivity index (χ1) is 11.3. The first-order valence-electron chi connectivity index (χ1n) is 7.17. The molecular weight excluding hydrogens is 382 g/mol. The Labute approximate surface area is 195 Å². The van der Waals surface area contributed by atoms with Gasteiger partial charge in [0, 0.05) is 5.56 Å². The van der Waals surface area contributed by atoms with E-state index in [1.165, 1.54) is 12.1 Å². The maximum atomic E-state index is 12.3. The Bertz CT molecular complexity index is 910. The molecule has 0 fully saturated rings. The number of carbonyl (C=O) groups is 2. The zero-order valence-electron chi connectivity index (χ0n) is 14.8. The number of unbranched alkanes of at least 4 members (excludes halogenated alkanes) is 1.